The molecule has 0 radical (unpaired) electrons. The number of hydrogen-bond acceptors (Lipinski definition) is 2. The maximum absolute atomic E-state index is 5.58. The lowest BCUT2D eigenvalue weighted by molar-refractivity contribution is 0.0184. The maximum atomic E-state index is 5.58. The Labute approximate surface area is 70.1 Å². The summed E-state index contributed by atoms with van der Waals surface area (Å²) < 4.78 is 5.58. The summed E-state index contributed by atoms with van der Waals surface area (Å²) in [5.41, 5.74) is 5.45. The standard InChI is InChI=1S/C9H21NO/c1-7(2)9(4)11-6-8(3)5-10/h7-9H,5-6,10H2,1-4H3. The van der Waals surface area contributed by atoms with E-state index in [1.807, 2.05) is 0 Å². The predicted octanol–water partition coefficient (Wildman–Crippen LogP) is 1.64. The summed E-state index contributed by atoms with van der Waals surface area (Å²) in [6, 6.07) is 0. The Morgan fingerprint density at radius 1 is 1.18 bits per heavy atom. The van der Waals surface area contributed by atoms with Crippen molar-refractivity contribution >= 4 is 0 Å². The molecule has 0 spiro atoms. The predicted molar refractivity (Wildman–Crippen MR) is 48.5 cm³/mol. The van der Waals surface area contributed by atoms with Crippen molar-refractivity contribution in [1.82, 2.24) is 0 Å². The molecule has 0 saturated heterocycles. The SMILES string of the molecule is CC(CN)COC(C)C(C)C. The van der Waals surface area contributed by atoms with Crippen molar-refractivity contribution < 1.29 is 4.74 Å². The van der Waals surface area contributed by atoms with Gasteiger partial charge in [-0.2, -0.15) is 0 Å². The van der Waals surface area contributed by atoms with Crippen LogP contribution in [-0.4, -0.2) is 19.3 Å². The summed E-state index contributed by atoms with van der Waals surface area (Å²) in [6.45, 7) is 10.0. The molecule has 0 aromatic carbocycles. The van der Waals surface area contributed by atoms with Crippen LogP contribution in [0.2, 0.25) is 0 Å². The molecule has 0 bridgehead atoms. The molecule has 11 heavy (non-hydrogen) atoms. The summed E-state index contributed by atoms with van der Waals surface area (Å²) in [5.74, 6) is 1.08. The summed E-state index contributed by atoms with van der Waals surface area (Å²) >= 11 is 0. The molecule has 0 aromatic rings. The first-order valence-corrected chi connectivity index (χ1v) is 4.39. The minimum absolute atomic E-state index is 0.351. The summed E-state index contributed by atoms with van der Waals surface area (Å²) in [4.78, 5) is 0. The Morgan fingerprint density at radius 2 is 1.73 bits per heavy atom. The highest BCUT2D eigenvalue weighted by molar-refractivity contribution is 4.57. The third-order valence-corrected chi connectivity index (χ3v) is 1.98. The molecule has 0 heterocycles. The molecule has 0 aliphatic rings. The zero-order valence-corrected chi connectivity index (χ0v) is 8.13. The van der Waals surface area contributed by atoms with Crippen molar-refractivity contribution in [2.75, 3.05) is 13.2 Å². The average Bonchev–Trinajstić information content (AvgIpc) is 1.99. The molecular formula is C9H21NO. The van der Waals surface area contributed by atoms with Crippen LogP contribution in [0.4, 0.5) is 0 Å². The van der Waals surface area contributed by atoms with Gasteiger partial charge in [-0.25, -0.2) is 0 Å². The van der Waals surface area contributed by atoms with Crippen LogP contribution in [0.1, 0.15) is 27.7 Å². The van der Waals surface area contributed by atoms with Crippen LogP contribution in [0.25, 0.3) is 0 Å². The first kappa shape index (κ1) is 10.9. The minimum atomic E-state index is 0.351. The Kier molecular flexibility index (Phi) is 5.51. The molecule has 0 aromatic heterocycles. The molecule has 0 rings (SSSR count). The average molecular weight is 159 g/mol. The van der Waals surface area contributed by atoms with Crippen molar-refractivity contribution in [3.8, 4) is 0 Å². The van der Waals surface area contributed by atoms with Crippen LogP contribution in [0.15, 0.2) is 0 Å². The van der Waals surface area contributed by atoms with Crippen molar-refractivity contribution in [3.63, 3.8) is 0 Å². The summed E-state index contributed by atoms with van der Waals surface area (Å²) in [6.07, 6.45) is 0.351. The highest BCUT2D eigenvalue weighted by Gasteiger charge is 2.08. The minimum Gasteiger partial charge on any atom is -0.378 e. The highest BCUT2D eigenvalue weighted by Crippen LogP contribution is 2.06. The van der Waals surface area contributed by atoms with E-state index in [4.69, 9.17) is 10.5 Å². The molecule has 0 fully saturated rings. The van der Waals surface area contributed by atoms with Crippen molar-refractivity contribution in [1.29, 1.82) is 0 Å². The second-order valence-electron chi connectivity index (χ2n) is 3.62. The largest absolute Gasteiger partial charge is 0.378 e. The van der Waals surface area contributed by atoms with Crippen molar-refractivity contribution in [2.45, 2.75) is 33.8 Å². The van der Waals surface area contributed by atoms with Gasteiger partial charge in [0.15, 0.2) is 0 Å². The van der Waals surface area contributed by atoms with Crippen LogP contribution in [0.3, 0.4) is 0 Å². The van der Waals surface area contributed by atoms with Crippen LogP contribution in [0, 0.1) is 11.8 Å². The van der Waals surface area contributed by atoms with Gasteiger partial charge in [-0.3, -0.25) is 0 Å². The molecule has 0 aliphatic heterocycles. The molecule has 68 valence electrons. The zero-order chi connectivity index (χ0) is 8.85. The lowest BCUT2D eigenvalue weighted by Crippen LogP contribution is -2.22. The van der Waals surface area contributed by atoms with E-state index in [1.54, 1.807) is 0 Å². The number of ether oxygens (including phenoxy) is 1. The van der Waals surface area contributed by atoms with E-state index in [1.165, 1.54) is 0 Å². The van der Waals surface area contributed by atoms with E-state index >= 15 is 0 Å². The van der Waals surface area contributed by atoms with E-state index in [0.29, 0.717) is 24.5 Å². The zero-order valence-electron chi connectivity index (χ0n) is 8.13. The Balaban J connectivity index is 3.37. The first-order valence-electron chi connectivity index (χ1n) is 4.39. The third kappa shape index (κ3) is 5.22. The van der Waals surface area contributed by atoms with Crippen LogP contribution < -0.4 is 5.73 Å². The van der Waals surface area contributed by atoms with Crippen molar-refractivity contribution in [2.24, 2.45) is 17.6 Å². The molecule has 2 atom stereocenters. The monoisotopic (exact) mass is 159 g/mol. The van der Waals surface area contributed by atoms with Gasteiger partial charge in [-0.15, -0.1) is 0 Å². The van der Waals surface area contributed by atoms with E-state index in [2.05, 4.69) is 27.7 Å². The molecule has 2 N–H and O–H groups in total. The molecule has 2 nitrogen and oxygen atoms in total. The van der Waals surface area contributed by atoms with Crippen LogP contribution in [-0.2, 0) is 4.74 Å². The quantitative estimate of drug-likeness (QED) is 0.662. The fourth-order valence-electron chi connectivity index (χ4n) is 0.577. The van der Waals surface area contributed by atoms with Gasteiger partial charge in [0.2, 0.25) is 0 Å². The lowest BCUT2D eigenvalue weighted by atomic mass is 10.1. The fraction of sp³-hybridized carbons (Fsp3) is 1.00. The number of hydrogen-bond donors (Lipinski definition) is 1. The summed E-state index contributed by atoms with van der Waals surface area (Å²) in [7, 11) is 0. The van der Waals surface area contributed by atoms with Gasteiger partial charge >= 0.3 is 0 Å². The van der Waals surface area contributed by atoms with Gasteiger partial charge in [0.25, 0.3) is 0 Å². The van der Waals surface area contributed by atoms with E-state index in [0.717, 1.165) is 6.61 Å². The first-order chi connectivity index (χ1) is 5.07. The van der Waals surface area contributed by atoms with E-state index in [-0.39, 0.29) is 0 Å². The Hall–Kier alpha value is -0.0800. The van der Waals surface area contributed by atoms with Gasteiger partial charge in [0.05, 0.1) is 12.7 Å². The molecular weight excluding hydrogens is 138 g/mol. The van der Waals surface area contributed by atoms with Crippen LogP contribution in [0.5, 0.6) is 0 Å². The van der Waals surface area contributed by atoms with Gasteiger partial charge in [-0.05, 0) is 25.3 Å². The fourth-order valence-corrected chi connectivity index (χ4v) is 0.577. The van der Waals surface area contributed by atoms with Gasteiger partial charge in [0.1, 0.15) is 0 Å². The smallest absolute Gasteiger partial charge is 0.0570 e. The Morgan fingerprint density at radius 3 is 2.09 bits per heavy atom. The topological polar surface area (TPSA) is 35.2 Å². The lowest BCUT2D eigenvalue weighted by Gasteiger charge is -2.18. The second kappa shape index (κ2) is 5.56. The van der Waals surface area contributed by atoms with E-state index in [9.17, 15) is 0 Å². The van der Waals surface area contributed by atoms with Gasteiger partial charge < -0.3 is 10.5 Å². The van der Waals surface area contributed by atoms with Gasteiger partial charge in [0, 0.05) is 0 Å². The molecule has 0 aliphatic carbocycles. The van der Waals surface area contributed by atoms with E-state index < -0.39 is 0 Å². The molecule has 2 unspecified atom stereocenters. The molecule has 0 saturated carbocycles. The van der Waals surface area contributed by atoms with Gasteiger partial charge in [-0.1, -0.05) is 20.8 Å². The number of rotatable bonds is 5. The third-order valence-electron chi connectivity index (χ3n) is 1.98. The summed E-state index contributed by atoms with van der Waals surface area (Å²) in [5, 5.41) is 0. The second-order valence-corrected chi connectivity index (χ2v) is 3.62. The number of nitrogens with two attached hydrogens (primary N) is 1. The maximum Gasteiger partial charge on any atom is 0.0570 e. The molecule has 2 heteroatoms. The molecule has 0 amide bonds. The van der Waals surface area contributed by atoms with Crippen molar-refractivity contribution in [3.05, 3.63) is 0 Å². The Bertz CT molecular complexity index is 93.6. The highest BCUT2D eigenvalue weighted by atomic mass is 16.5. The van der Waals surface area contributed by atoms with Crippen LogP contribution >= 0.6 is 0 Å². The normalized spacial score (nSPS) is 16.9.